The Morgan fingerprint density at radius 1 is 0.960 bits per heavy atom. The van der Waals surface area contributed by atoms with Gasteiger partial charge in [0, 0.05) is 25.6 Å². The molecule has 1 atom stereocenters. The molecule has 1 fully saturated rings. The first kappa shape index (κ1) is 17.7. The predicted octanol–water partition coefficient (Wildman–Crippen LogP) is 4.01. The van der Waals surface area contributed by atoms with Gasteiger partial charge in [0.05, 0.1) is 0 Å². The van der Waals surface area contributed by atoms with E-state index >= 15 is 0 Å². The van der Waals surface area contributed by atoms with Crippen molar-refractivity contribution in [1.82, 2.24) is 4.90 Å². The molecule has 0 bridgehead atoms. The van der Waals surface area contributed by atoms with Gasteiger partial charge >= 0.3 is 0 Å². The van der Waals surface area contributed by atoms with Gasteiger partial charge in [-0.2, -0.15) is 0 Å². The van der Waals surface area contributed by atoms with Crippen molar-refractivity contribution in [3.05, 3.63) is 71.8 Å². The van der Waals surface area contributed by atoms with Gasteiger partial charge in [0.15, 0.2) is 0 Å². The quantitative estimate of drug-likeness (QED) is 0.751. The fourth-order valence-corrected chi connectivity index (χ4v) is 3.42. The van der Waals surface area contributed by atoms with E-state index in [1.165, 1.54) is 0 Å². The Morgan fingerprint density at radius 2 is 1.48 bits per heavy atom. The van der Waals surface area contributed by atoms with E-state index in [0.29, 0.717) is 25.4 Å². The molecule has 1 aliphatic carbocycles. The van der Waals surface area contributed by atoms with Gasteiger partial charge in [0.1, 0.15) is 0 Å². The van der Waals surface area contributed by atoms with Crippen molar-refractivity contribution in [2.75, 3.05) is 6.61 Å². The average Bonchev–Trinajstić information content (AvgIpc) is 3.48. The second-order valence-corrected chi connectivity index (χ2v) is 6.98. The maximum atomic E-state index is 13.3. The third-order valence-corrected chi connectivity index (χ3v) is 4.93. The SMILES string of the molecule is O=C([C@@H](CCCO)C1CC1)N(Cc1ccccc1)Cc1ccccc1. The molecular weight excluding hydrogens is 310 g/mol. The number of hydrogen-bond acceptors (Lipinski definition) is 2. The van der Waals surface area contributed by atoms with Gasteiger partial charge in [0.25, 0.3) is 0 Å². The lowest BCUT2D eigenvalue weighted by Crippen LogP contribution is -2.36. The summed E-state index contributed by atoms with van der Waals surface area (Å²) in [5.74, 6) is 0.802. The standard InChI is InChI=1S/C22H27NO2/c24-15-7-12-21(20-13-14-20)22(25)23(16-18-8-3-1-4-9-18)17-19-10-5-2-6-11-19/h1-6,8-11,20-21,24H,7,12-17H2/t21-/m0/s1. The second kappa shape index (κ2) is 8.82. The van der Waals surface area contributed by atoms with Crippen molar-refractivity contribution in [2.45, 2.75) is 38.8 Å². The van der Waals surface area contributed by atoms with E-state index in [4.69, 9.17) is 0 Å². The van der Waals surface area contributed by atoms with E-state index in [1.54, 1.807) is 0 Å². The first-order valence-electron chi connectivity index (χ1n) is 9.25. The van der Waals surface area contributed by atoms with Crippen LogP contribution in [0, 0.1) is 11.8 Å². The molecule has 0 aromatic heterocycles. The molecule has 1 N–H and O–H groups in total. The summed E-state index contributed by atoms with van der Waals surface area (Å²) in [5.41, 5.74) is 2.31. The molecule has 132 valence electrons. The van der Waals surface area contributed by atoms with Crippen molar-refractivity contribution in [3.8, 4) is 0 Å². The molecule has 0 radical (unpaired) electrons. The maximum absolute atomic E-state index is 13.3. The highest BCUT2D eigenvalue weighted by Crippen LogP contribution is 2.40. The van der Waals surface area contributed by atoms with Crippen molar-refractivity contribution in [3.63, 3.8) is 0 Å². The van der Waals surface area contributed by atoms with E-state index in [0.717, 1.165) is 30.4 Å². The molecule has 0 heterocycles. The van der Waals surface area contributed by atoms with Gasteiger partial charge in [-0.15, -0.1) is 0 Å². The normalized spacial score (nSPS) is 14.9. The third kappa shape index (κ3) is 5.17. The van der Waals surface area contributed by atoms with Crippen LogP contribution in [0.4, 0.5) is 0 Å². The second-order valence-electron chi connectivity index (χ2n) is 6.98. The number of aliphatic hydroxyl groups excluding tert-OH is 1. The third-order valence-electron chi connectivity index (χ3n) is 4.93. The Labute approximate surface area is 150 Å². The van der Waals surface area contributed by atoms with Crippen LogP contribution in [-0.2, 0) is 17.9 Å². The number of benzene rings is 2. The largest absolute Gasteiger partial charge is 0.396 e. The molecule has 3 rings (SSSR count). The van der Waals surface area contributed by atoms with Crippen LogP contribution >= 0.6 is 0 Å². The minimum Gasteiger partial charge on any atom is -0.396 e. The monoisotopic (exact) mass is 337 g/mol. The number of carbonyl (C=O) groups is 1. The summed E-state index contributed by atoms with van der Waals surface area (Å²) < 4.78 is 0. The first-order valence-corrected chi connectivity index (χ1v) is 9.25. The molecule has 2 aromatic rings. The summed E-state index contributed by atoms with van der Waals surface area (Å²) in [6, 6.07) is 20.4. The molecule has 1 amide bonds. The molecule has 1 aliphatic rings. The zero-order valence-electron chi connectivity index (χ0n) is 14.7. The lowest BCUT2D eigenvalue weighted by atomic mass is 9.95. The molecular formula is C22H27NO2. The van der Waals surface area contributed by atoms with Gasteiger partial charge in [-0.1, -0.05) is 60.7 Å². The lowest BCUT2D eigenvalue weighted by molar-refractivity contribution is -0.138. The van der Waals surface area contributed by atoms with E-state index in [-0.39, 0.29) is 18.4 Å². The van der Waals surface area contributed by atoms with Crippen LogP contribution in [0.5, 0.6) is 0 Å². The number of hydrogen-bond donors (Lipinski definition) is 1. The van der Waals surface area contributed by atoms with Crippen LogP contribution in [0.2, 0.25) is 0 Å². The van der Waals surface area contributed by atoms with Crippen LogP contribution in [0.25, 0.3) is 0 Å². The molecule has 25 heavy (non-hydrogen) atoms. The molecule has 1 saturated carbocycles. The number of amides is 1. The molecule has 0 unspecified atom stereocenters. The summed E-state index contributed by atoms with van der Waals surface area (Å²) in [4.78, 5) is 15.3. The zero-order valence-corrected chi connectivity index (χ0v) is 14.7. The van der Waals surface area contributed by atoms with Gasteiger partial charge in [-0.25, -0.2) is 0 Å². The highest BCUT2D eigenvalue weighted by atomic mass is 16.3. The molecule has 0 spiro atoms. The fourth-order valence-electron chi connectivity index (χ4n) is 3.42. The van der Waals surface area contributed by atoms with Crippen molar-refractivity contribution >= 4 is 5.91 Å². The topological polar surface area (TPSA) is 40.5 Å². The predicted molar refractivity (Wildman–Crippen MR) is 99.7 cm³/mol. The molecule has 2 aromatic carbocycles. The Balaban J connectivity index is 1.77. The van der Waals surface area contributed by atoms with Crippen LogP contribution in [-0.4, -0.2) is 22.5 Å². The van der Waals surface area contributed by atoms with E-state index in [1.807, 2.05) is 41.3 Å². The van der Waals surface area contributed by atoms with Gasteiger partial charge in [0.2, 0.25) is 5.91 Å². The summed E-state index contributed by atoms with van der Waals surface area (Å²) in [6.07, 6.45) is 3.79. The van der Waals surface area contributed by atoms with Crippen LogP contribution < -0.4 is 0 Å². The number of aliphatic hydroxyl groups is 1. The van der Waals surface area contributed by atoms with E-state index in [9.17, 15) is 9.90 Å². The van der Waals surface area contributed by atoms with E-state index in [2.05, 4.69) is 24.3 Å². The van der Waals surface area contributed by atoms with Crippen LogP contribution in [0.15, 0.2) is 60.7 Å². The fraction of sp³-hybridized carbons (Fsp3) is 0.409. The van der Waals surface area contributed by atoms with Gasteiger partial charge in [-0.05, 0) is 42.7 Å². The Kier molecular flexibility index (Phi) is 6.24. The Bertz CT molecular complexity index is 611. The first-order chi connectivity index (χ1) is 12.3. The van der Waals surface area contributed by atoms with Gasteiger partial charge in [-0.3, -0.25) is 4.79 Å². The Morgan fingerprint density at radius 3 is 1.92 bits per heavy atom. The van der Waals surface area contributed by atoms with E-state index < -0.39 is 0 Å². The highest BCUT2D eigenvalue weighted by Gasteiger charge is 2.37. The average molecular weight is 337 g/mol. The molecule has 0 aliphatic heterocycles. The minimum absolute atomic E-state index is 0.0552. The molecule has 3 nitrogen and oxygen atoms in total. The van der Waals surface area contributed by atoms with Gasteiger partial charge < -0.3 is 10.0 Å². The Hall–Kier alpha value is -2.13. The summed E-state index contributed by atoms with van der Waals surface area (Å²) in [5, 5.41) is 9.18. The molecule has 3 heteroatoms. The van der Waals surface area contributed by atoms with Crippen molar-refractivity contribution < 1.29 is 9.90 Å². The zero-order chi connectivity index (χ0) is 17.5. The van der Waals surface area contributed by atoms with Crippen LogP contribution in [0.1, 0.15) is 36.8 Å². The molecule has 0 saturated heterocycles. The van der Waals surface area contributed by atoms with Crippen molar-refractivity contribution in [1.29, 1.82) is 0 Å². The highest BCUT2D eigenvalue weighted by molar-refractivity contribution is 5.79. The summed E-state index contributed by atoms with van der Waals surface area (Å²) in [6.45, 7) is 1.43. The number of nitrogens with zero attached hydrogens (tertiary/aromatic N) is 1. The lowest BCUT2D eigenvalue weighted by Gasteiger charge is -2.28. The number of carbonyl (C=O) groups excluding carboxylic acids is 1. The maximum Gasteiger partial charge on any atom is 0.226 e. The minimum atomic E-state index is 0.0552. The van der Waals surface area contributed by atoms with Crippen molar-refractivity contribution in [2.24, 2.45) is 11.8 Å². The summed E-state index contributed by atoms with van der Waals surface area (Å²) in [7, 11) is 0. The number of rotatable bonds is 9. The summed E-state index contributed by atoms with van der Waals surface area (Å²) >= 11 is 0. The smallest absolute Gasteiger partial charge is 0.226 e. The van der Waals surface area contributed by atoms with Crippen LogP contribution in [0.3, 0.4) is 0 Å².